The van der Waals surface area contributed by atoms with Crippen LogP contribution in [0, 0.1) is 11.8 Å². The van der Waals surface area contributed by atoms with E-state index in [2.05, 4.69) is 11.8 Å². The van der Waals surface area contributed by atoms with Crippen LogP contribution in [0.5, 0.6) is 0 Å². The van der Waals surface area contributed by atoms with E-state index in [1.807, 2.05) is 25.6 Å². The normalized spacial score (nSPS) is 26.3. The lowest BCUT2D eigenvalue weighted by molar-refractivity contribution is -0.145. The molecule has 1 heterocycles. The van der Waals surface area contributed by atoms with Crippen LogP contribution in [-0.4, -0.2) is 46.6 Å². The van der Waals surface area contributed by atoms with Gasteiger partial charge in [-0.2, -0.15) is 11.8 Å². The molecular formula is C11H21NO2S. The van der Waals surface area contributed by atoms with Crippen LogP contribution >= 0.6 is 11.8 Å². The van der Waals surface area contributed by atoms with Gasteiger partial charge in [-0.3, -0.25) is 9.69 Å². The number of hydrogen-bond donors (Lipinski definition) is 1. The fraction of sp³-hybridized carbons (Fsp3) is 0.909. The van der Waals surface area contributed by atoms with Crippen molar-refractivity contribution in [3.8, 4) is 0 Å². The van der Waals surface area contributed by atoms with Gasteiger partial charge in [-0.15, -0.1) is 0 Å². The van der Waals surface area contributed by atoms with E-state index in [1.165, 1.54) is 0 Å². The van der Waals surface area contributed by atoms with Gasteiger partial charge >= 0.3 is 5.97 Å². The lowest BCUT2D eigenvalue weighted by Gasteiger charge is -2.31. The van der Waals surface area contributed by atoms with Crippen molar-refractivity contribution < 1.29 is 9.90 Å². The van der Waals surface area contributed by atoms with Gasteiger partial charge in [0, 0.05) is 18.8 Å². The Balaban J connectivity index is 2.68. The first kappa shape index (κ1) is 12.8. The SMILES string of the molecule is CC1CSCCN(C(C(=O)O)C(C)C)C1. The average Bonchev–Trinajstić information content (AvgIpc) is 2.28. The topological polar surface area (TPSA) is 40.5 Å². The monoisotopic (exact) mass is 231 g/mol. The van der Waals surface area contributed by atoms with Crippen LogP contribution in [0.1, 0.15) is 20.8 Å². The van der Waals surface area contributed by atoms with Crippen LogP contribution < -0.4 is 0 Å². The summed E-state index contributed by atoms with van der Waals surface area (Å²) >= 11 is 1.93. The van der Waals surface area contributed by atoms with E-state index in [0.29, 0.717) is 5.92 Å². The fourth-order valence-electron chi connectivity index (χ4n) is 2.13. The summed E-state index contributed by atoms with van der Waals surface area (Å²) in [7, 11) is 0. The number of thioether (sulfide) groups is 1. The van der Waals surface area contributed by atoms with E-state index in [1.54, 1.807) is 0 Å². The molecule has 88 valence electrons. The summed E-state index contributed by atoms with van der Waals surface area (Å²) in [6.45, 7) is 8.00. The Morgan fingerprint density at radius 3 is 2.73 bits per heavy atom. The molecule has 2 unspecified atom stereocenters. The van der Waals surface area contributed by atoms with Crippen LogP contribution in [0.15, 0.2) is 0 Å². The molecule has 15 heavy (non-hydrogen) atoms. The van der Waals surface area contributed by atoms with E-state index in [-0.39, 0.29) is 12.0 Å². The fourth-order valence-corrected chi connectivity index (χ4v) is 3.16. The molecule has 1 fully saturated rings. The second-order valence-corrected chi connectivity index (χ2v) is 5.85. The summed E-state index contributed by atoms with van der Waals surface area (Å²) in [5.41, 5.74) is 0. The maximum Gasteiger partial charge on any atom is 0.321 e. The van der Waals surface area contributed by atoms with Gasteiger partial charge in [0.15, 0.2) is 0 Å². The van der Waals surface area contributed by atoms with Crippen molar-refractivity contribution in [2.24, 2.45) is 11.8 Å². The summed E-state index contributed by atoms with van der Waals surface area (Å²) in [5.74, 6) is 2.31. The molecule has 1 aliphatic heterocycles. The Morgan fingerprint density at radius 2 is 2.20 bits per heavy atom. The zero-order chi connectivity index (χ0) is 11.4. The third-order valence-corrected chi connectivity index (χ3v) is 4.03. The number of rotatable bonds is 3. The summed E-state index contributed by atoms with van der Waals surface area (Å²) < 4.78 is 0. The highest BCUT2D eigenvalue weighted by Gasteiger charge is 2.30. The van der Waals surface area contributed by atoms with Crippen molar-refractivity contribution in [2.45, 2.75) is 26.8 Å². The van der Waals surface area contributed by atoms with Gasteiger partial charge < -0.3 is 5.11 Å². The first-order valence-corrected chi connectivity index (χ1v) is 6.72. The number of nitrogens with zero attached hydrogens (tertiary/aromatic N) is 1. The molecule has 4 heteroatoms. The summed E-state index contributed by atoms with van der Waals surface area (Å²) in [4.78, 5) is 13.3. The second kappa shape index (κ2) is 5.75. The maximum absolute atomic E-state index is 11.2. The van der Waals surface area contributed by atoms with Gasteiger partial charge in [0.05, 0.1) is 0 Å². The zero-order valence-electron chi connectivity index (χ0n) is 9.77. The second-order valence-electron chi connectivity index (χ2n) is 4.70. The Hall–Kier alpha value is -0.220. The molecule has 0 amide bonds. The third kappa shape index (κ3) is 3.68. The summed E-state index contributed by atoms with van der Waals surface area (Å²) in [6.07, 6.45) is 0. The molecule has 3 nitrogen and oxygen atoms in total. The first-order chi connectivity index (χ1) is 7.02. The van der Waals surface area contributed by atoms with E-state index in [0.717, 1.165) is 24.6 Å². The van der Waals surface area contributed by atoms with E-state index >= 15 is 0 Å². The number of aliphatic carboxylic acids is 1. The highest BCUT2D eigenvalue weighted by molar-refractivity contribution is 7.99. The van der Waals surface area contributed by atoms with Crippen molar-refractivity contribution in [1.82, 2.24) is 4.90 Å². The highest BCUT2D eigenvalue weighted by Crippen LogP contribution is 2.20. The molecule has 0 saturated carbocycles. The van der Waals surface area contributed by atoms with E-state index in [4.69, 9.17) is 0 Å². The van der Waals surface area contributed by atoms with Crippen molar-refractivity contribution in [2.75, 3.05) is 24.6 Å². The minimum atomic E-state index is -0.677. The van der Waals surface area contributed by atoms with Crippen LogP contribution in [0.3, 0.4) is 0 Å². The van der Waals surface area contributed by atoms with Crippen molar-refractivity contribution >= 4 is 17.7 Å². The first-order valence-electron chi connectivity index (χ1n) is 5.57. The predicted octanol–water partition coefficient (Wildman–Crippen LogP) is 1.78. The molecule has 1 saturated heterocycles. The largest absolute Gasteiger partial charge is 0.480 e. The highest BCUT2D eigenvalue weighted by atomic mass is 32.2. The quantitative estimate of drug-likeness (QED) is 0.804. The molecule has 0 spiro atoms. The van der Waals surface area contributed by atoms with E-state index in [9.17, 15) is 9.90 Å². The molecule has 0 aliphatic carbocycles. The molecule has 1 rings (SSSR count). The van der Waals surface area contributed by atoms with Crippen LogP contribution in [-0.2, 0) is 4.79 Å². The Kier molecular flexibility index (Phi) is 4.93. The summed E-state index contributed by atoms with van der Waals surface area (Å²) in [6, 6.07) is -0.314. The van der Waals surface area contributed by atoms with Crippen molar-refractivity contribution in [3.05, 3.63) is 0 Å². The van der Waals surface area contributed by atoms with Gasteiger partial charge in [0.25, 0.3) is 0 Å². The number of carboxylic acid groups (broad SMARTS) is 1. The van der Waals surface area contributed by atoms with Gasteiger partial charge in [-0.1, -0.05) is 20.8 Å². The van der Waals surface area contributed by atoms with Gasteiger partial charge in [-0.05, 0) is 17.6 Å². The molecule has 0 bridgehead atoms. The molecule has 1 N–H and O–H groups in total. The third-order valence-electron chi connectivity index (χ3n) is 2.75. The Labute approximate surface area is 96.2 Å². The minimum Gasteiger partial charge on any atom is -0.480 e. The molecule has 0 aromatic heterocycles. The molecule has 0 radical (unpaired) electrons. The van der Waals surface area contributed by atoms with Crippen molar-refractivity contribution in [1.29, 1.82) is 0 Å². The lowest BCUT2D eigenvalue weighted by Crippen LogP contribution is -2.46. The van der Waals surface area contributed by atoms with Gasteiger partial charge in [-0.25, -0.2) is 0 Å². The summed E-state index contributed by atoms with van der Waals surface area (Å²) in [5, 5.41) is 9.23. The molecular weight excluding hydrogens is 210 g/mol. The smallest absolute Gasteiger partial charge is 0.321 e. The van der Waals surface area contributed by atoms with Gasteiger partial charge in [0.2, 0.25) is 0 Å². The van der Waals surface area contributed by atoms with Crippen LogP contribution in [0.2, 0.25) is 0 Å². The molecule has 1 aliphatic rings. The zero-order valence-corrected chi connectivity index (χ0v) is 10.6. The Morgan fingerprint density at radius 1 is 1.53 bits per heavy atom. The van der Waals surface area contributed by atoms with Gasteiger partial charge in [0.1, 0.15) is 6.04 Å². The van der Waals surface area contributed by atoms with Crippen LogP contribution in [0.25, 0.3) is 0 Å². The maximum atomic E-state index is 11.2. The van der Waals surface area contributed by atoms with Crippen LogP contribution in [0.4, 0.5) is 0 Å². The molecule has 0 aromatic rings. The number of hydrogen-bond acceptors (Lipinski definition) is 3. The average molecular weight is 231 g/mol. The van der Waals surface area contributed by atoms with E-state index < -0.39 is 5.97 Å². The number of carboxylic acids is 1. The van der Waals surface area contributed by atoms with Crippen molar-refractivity contribution in [3.63, 3.8) is 0 Å². The number of carbonyl (C=O) groups is 1. The Bertz CT molecular complexity index is 221. The standard InChI is InChI=1S/C11H21NO2S/c1-8(2)10(11(13)14)12-4-5-15-7-9(3)6-12/h8-10H,4-7H2,1-3H3,(H,13,14). The lowest BCUT2D eigenvalue weighted by atomic mass is 10.0. The minimum absolute atomic E-state index is 0.179. The molecule has 2 atom stereocenters. The molecule has 0 aromatic carbocycles. The predicted molar refractivity (Wildman–Crippen MR) is 64.3 cm³/mol.